The van der Waals surface area contributed by atoms with Crippen LogP contribution in [-0.4, -0.2) is 41.1 Å². The number of carbonyl (C=O) groups is 2. The van der Waals surface area contributed by atoms with Gasteiger partial charge in [0.25, 0.3) is 5.91 Å². The third-order valence-electron chi connectivity index (χ3n) is 5.10. The fourth-order valence-electron chi connectivity index (χ4n) is 3.49. The predicted octanol–water partition coefficient (Wildman–Crippen LogP) is 3.47. The number of piperidine rings is 1. The molecule has 1 aliphatic heterocycles. The molecule has 2 aliphatic rings. The number of carboxylic acids is 1. The van der Waals surface area contributed by atoms with Crippen molar-refractivity contribution in [1.82, 2.24) is 4.90 Å². The van der Waals surface area contributed by atoms with Crippen LogP contribution in [0.5, 0.6) is 5.75 Å². The number of amides is 1. The molecular formula is C17H19Cl2NO4. The van der Waals surface area contributed by atoms with E-state index in [1.165, 1.54) is 0 Å². The molecule has 0 bridgehead atoms. The van der Waals surface area contributed by atoms with Crippen molar-refractivity contribution in [3.05, 3.63) is 28.2 Å². The summed E-state index contributed by atoms with van der Waals surface area (Å²) in [5.74, 6) is -0.646. The van der Waals surface area contributed by atoms with Gasteiger partial charge in [0.15, 0.2) is 6.10 Å². The van der Waals surface area contributed by atoms with E-state index in [0.717, 1.165) is 19.3 Å². The van der Waals surface area contributed by atoms with E-state index in [1.807, 2.05) is 0 Å². The van der Waals surface area contributed by atoms with E-state index >= 15 is 0 Å². The molecule has 1 aromatic rings. The Bertz CT molecular complexity index is 671. The van der Waals surface area contributed by atoms with E-state index in [-0.39, 0.29) is 17.2 Å². The summed E-state index contributed by atoms with van der Waals surface area (Å²) in [4.78, 5) is 25.4. The summed E-state index contributed by atoms with van der Waals surface area (Å²) in [6.07, 6.45) is 1.55. The molecule has 5 nitrogen and oxygen atoms in total. The zero-order chi connectivity index (χ0) is 17.5. The third kappa shape index (κ3) is 3.33. The molecule has 2 unspecified atom stereocenters. The Kier molecular flexibility index (Phi) is 4.67. The highest BCUT2D eigenvalue weighted by Crippen LogP contribution is 2.59. The topological polar surface area (TPSA) is 66.8 Å². The highest BCUT2D eigenvalue weighted by Gasteiger charge is 2.59. The van der Waals surface area contributed by atoms with Gasteiger partial charge in [-0.3, -0.25) is 9.59 Å². The lowest BCUT2D eigenvalue weighted by Crippen LogP contribution is -2.45. The molecule has 2 fully saturated rings. The molecule has 7 heteroatoms. The van der Waals surface area contributed by atoms with Gasteiger partial charge < -0.3 is 14.7 Å². The molecule has 0 aromatic heterocycles. The average Bonchev–Trinajstić information content (AvgIpc) is 3.24. The summed E-state index contributed by atoms with van der Waals surface area (Å²) >= 11 is 11.9. The molecule has 1 amide bonds. The number of aliphatic carboxylic acids is 1. The molecular weight excluding hydrogens is 353 g/mol. The van der Waals surface area contributed by atoms with Crippen molar-refractivity contribution in [2.75, 3.05) is 13.1 Å². The summed E-state index contributed by atoms with van der Waals surface area (Å²) in [5, 5.41) is 9.99. The summed E-state index contributed by atoms with van der Waals surface area (Å²) in [6.45, 7) is 2.84. The van der Waals surface area contributed by atoms with Crippen LogP contribution in [0.25, 0.3) is 0 Å². The molecule has 0 radical (unpaired) electrons. The number of carboxylic acid groups (broad SMARTS) is 1. The van der Waals surface area contributed by atoms with Crippen LogP contribution >= 0.6 is 23.2 Å². The summed E-state index contributed by atoms with van der Waals surface area (Å²) < 4.78 is 5.67. The van der Waals surface area contributed by atoms with E-state index in [1.54, 1.807) is 30.0 Å². The molecule has 1 aliphatic carbocycles. The number of nitrogens with zero attached hydrogens (tertiary/aromatic N) is 1. The van der Waals surface area contributed by atoms with Gasteiger partial charge in [-0.25, -0.2) is 0 Å². The van der Waals surface area contributed by atoms with Crippen LogP contribution in [0.1, 0.15) is 26.2 Å². The van der Waals surface area contributed by atoms with Gasteiger partial charge in [-0.2, -0.15) is 0 Å². The van der Waals surface area contributed by atoms with Crippen molar-refractivity contribution < 1.29 is 19.4 Å². The maximum Gasteiger partial charge on any atom is 0.307 e. The number of rotatable bonds is 4. The standard InChI is InChI=1S/C17H19Cl2NO4/c1-10(24-14-3-2-11(18)8-13(14)19)15(21)20-6-4-17(5-7-20)9-12(17)16(22)23/h2-3,8,10,12H,4-7,9H2,1H3,(H,22,23). The number of likely N-dealkylation sites (tertiary alicyclic amines) is 1. The van der Waals surface area contributed by atoms with Crippen LogP contribution < -0.4 is 4.74 Å². The molecule has 1 spiro atoms. The monoisotopic (exact) mass is 371 g/mol. The Morgan fingerprint density at radius 2 is 2.00 bits per heavy atom. The zero-order valence-corrected chi connectivity index (χ0v) is 14.8. The summed E-state index contributed by atoms with van der Waals surface area (Å²) in [6, 6.07) is 4.87. The first-order valence-corrected chi connectivity index (χ1v) is 8.71. The van der Waals surface area contributed by atoms with Crippen LogP contribution in [0, 0.1) is 11.3 Å². The number of hydrogen-bond acceptors (Lipinski definition) is 3. The quantitative estimate of drug-likeness (QED) is 0.879. The van der Waals surface area contributed by atoms with E-state index in [2.05, 4.69) is 0 Å². The predicted molar refractivity (Wildman–Crippen MR) is 90.5 cm³/mol. The molecule has 1 heterocycles. The molecule has 1 saturated heterocycles. The average molecular weight is 372 g/mol. The first kappa shape index (κ1) is 17.4. The summed E-state index contributed by atoms with van der Waals surface area (Å²) in [5.41, 5.74) is -0.0911. The first-order valence-electron chi connectivity index (χ1n) is 7.96. The minimum absolute atomic E-state index is 0.0911. The van der Waals surface area contributed by atoms with Gasteiger partial charge in [-0.05, 0) is 49.8 Å². The number of benzene rings is 1. The fraction of sp³-hybridized carbons (Fsp3) is 0.529. The second kappa shape index (κ2) is 6.45. The van der Waals surface area contributed by atoms with Gasteiger partial charge in [0.05, 0.1) is 10.9 Å². The van der Waals surface area contributed by atoms with Crippen molar-refractivity contribution in [3.63, 3.8) is 0 Å². The molecule has 24 heavy (non-hydrogen) atoms. The van der Waals surface area contributed by atoms with E-state index < -0.39 is 12.1 Å². The highest BCUT2D eigenvalue weighted by molar-refractivity contribution is 6.35. The van der Waals surface area contributed by atoms with Gasteiger partial charge in [0.2, 0.25) is 0 Å². The molecule has 2 atom stereocenters. The van der Waals surface area contributed by atoms with Gasteiger partial charge in [0.1, 0.15) is 5.75 Å². The Labute approximate surface area is 150 Å². The fourth-order valence-corrected chi connectivity index (χ4v) is 3.94. The SMILES string of the molecule is CC(Oc1ccc(Cl)cc1Cl)C(=O)N1CCC2(CC1)CC2C(=O)O. The maximum atomic E-state index is 12.5. The summed E-state index contributed by atoms with van der Waals surface area (Å²) in [7, 11) is 0. The molecule has 130 valence electrons. The van der Waals surface area contributed by atoms with Crippen LogP contribution in [0.3, 0.4) is 0 Å². The number of carbonyl (C=O) groups excluding carboxylic acids is 1. The smallest absolute Gasteiger partial charge is 0.307 e. The molecule has 1 N–H and O–H groups in total. The lowest BCUT2D eigenvalue weighted by molar-refractivity contribution is -0.141. The highest BCUT2D eigenvalue weighted by atomic mass is 35.5. The lowest BCUT2D eigenvalue weighted by Gasteiger charge is -2.34. The largest absolute Gasteiger partial charge is 0.481 e. The Morgan fingerprint density at radius 1 is 1.33 bits per heavy atom. The third-order valence-corrected chi connectivity index (χ3v) is 5.63. The molecule has 1 aromatic carbocycles. The Morgan fingerprint density at radius 3 is 2.54 bits per heavy atom. The number of halogens is 2. The van der Waals surface area contributed by atoms with Gasteiger partial charge >= 0.3 is 5.97 Å². The minimum Gasteiger partial charge on any atom is -0.481 e. The molecule has 1 saturated carbocycles. The van der Waals surface area contributed by atoms with Gasteiger partial charge in [0, 0.05) is 18.1 Å². The van der Waals surface area contributed by atoms with Gasteiger partial charge in [-0.15, -0.1) is 0 Å². The first-order chi connectivity index (χ1) is 11.3. The Hall–Kier alpha value is -1.46. The number of hydrogen-bond donors (Lipinski definition) is 1. The van der Waals surface area contributed by atoms with Crippen LogP contribution in [-0.2, 0) is 9.59 Å². The number of ether oxygens (including phenoxy) is 1. The van der Waals surface area contributed by atoms with Crippen molar-refractivity contribution >= 4 is 35.1 Å². The lowest BCUT2D eigenvalue weighted by atomic mass is 9.90. The second-order valence-electron chi connectivity index (χ2n) is 6.62. The zero-order valence-electron chi connectivity index (χ0n) is 13.3. The van der Waals surface area contributed by atoms with Crippen molar-refractivity contribution in [2.24, 2.45) is 11.3 Å². The van der Waals surface area contributed by atoms with E-state index in [4.69, 9.17) is 33.0 Å². The normalized spacial score (nSPS) is 23.0. The van der Waals surface area contributed by atoms with Crippen LogP contribution in [0.15, 0.2) is 18.2 Å². The van der Waals surface area contributed by atoms with E-state index in [0.29, 0.717) is 28.9 Å². The van der Waals surface area contributed by atoms with E-state index in [9.17, 15) is 9.59 Å². The molecule has 3 rings (SSSR count). The second-order valence-corrected chi connectivity index (χ2v) is 7.46. The van der Waals surface area contributed by atoms with Crippen LogP contribution in [0.2, 0.25) is 10.0 Å². The van der Waals surface area contributed by atoms with Crippen molar-refractivity contribution in [1.29, 1.82) is 0 Å². The maximum absolute atomic E-state index is 12.5. The Balaban J connectivity index is 1.56. The minimum atomic E-state index is -0.719. The van der Waals surface area contributed by atoms with Crippen molar-refractivity contribution in [2.45, 2.75) is 32.3 Å². The van der Waals surface area contributed by atoms with Gasteiger partial charge in [-0.1, -0.05) is 23.2 Å². The van der Waals surface area contributed by atoms with Crippen LogP contribution in [0.4, 0.5) is 0 Å². The van der Waals surface area contributed by atoms with Crippen molar-refractivity contribution in [3.8, 4) is 5.75 Å².